The first-order chi connectivity index (χ1) is 15.5. The van der Waals surface area contributed by atoms with Crippen LogP contribution in [0.15, 0.2) is 76.5 Å². The molecule has 2 aromatic heterocycles. The summed E-state index contributed by atoms with van der Waals surface area (Å²) in [5, 5.41) is 4.45. The van der Waals surface area contributed by atoms with E-state index in [0.29, 0.717) is 18.1 Å². The van der Waals surface area contributed by atoms with Gasteiger partial charge in [-0.2, -0.15) is 0 Å². The lowest BCUT2D eigenvalue weighted by Gasteiger charge is -2.22. The summed E-state index contributed by atoms with van der Waals surface area (Å²) >= 11 is 7.60. The monoisotopic (exact) mass is 468 g/mol. The lowest BCUT2D eigenvalue weighted by molar-refractivity contribution is -0.118. The number of amides is 1. The molecule has 6 nitrogen and oxygen atoms in total. The number of nitrogens with one attached hydrogen (secondary N) is 1. The molecular weight excluding hydrogens is 444 g/mol. The maximum absolute atomic E-state index is 12.6. The molecule has 0 spiro atoms. The fourth-order valence-corrected chi connectivity index (χ4v) is 4.53. The highest BCUT2D eigenvalue weighted by Gasteiger charge is 2.19. The number of aromatic nitrogens is 2. The Labute approximate surface area is 196 Å². The van der Waals surface area contributed by atoms with Gasteiger partial charge in [-0.05, 0) is 50.0 Å². The summed E-state index contributed by atoms with van der Waals surface area (Å²) in [6.07, 6.45) is 1.65. The second-order valence-electron chi connectivity index (χ2n) is 7.69. The number of benzene rings is 2. The van der Waals surface area contributed by atoms with Gasteiger partial charge in [-0.3, -0.25) is 9.69 Å². The molecule has 0 radical (unpaired) electrons. The molecule has 4 rings (SSSR count). The predicted molar refractivity (Wildman–Crippen MR) is 129 cm³/mol. The highest BCUT2D eigenvalue weighted by molar-refractivity contribution is 7.99. The van der Waals surface area contributed by atoms with E-state index in [1.165, 1.54) is 17.3 Å². The second-order valence-corrected chi connectivity index (χ2v) is 9.07. The molecule has 0 fully saturated rings. The number of likely N-dealkylation sites (N-methyl/N-ethyl adjacent to an activating group) is 1. The minimum Gasteiger partial charge on any atom is -0.468 e. The van der Waals surface area contributed by atoms with E-state index < -0.39 is 0 Å². The first-order valence-electron chi connectivity index (χ1n) is 10.3. The van der Waals surface area contributed by atoms with Crippen LogP contribution in [0.4, 0.5) is 0 Å². The summed E-state index contributed by atoms with van der Waals surface area (Å²) in [6.45, 7) is 1.14. The summed E-state index contributed by atoms with van der Waals surface area (Å²) in [7, 11) is 3.93. The van der Waals surface area contributed by atoms with Gasteiger partial charge in [0, 0.05) is 11.6 Å². The van der Waals surface area contributed by atoms with Crippen LogP contribution in [0.1, 0.15) is 17.4 Å². The average Bonchev–Trinajstić information content (AvgIpc) is 3.41. The van der Waals surface area contributed by atoms with Crippen LogP contribution in [0.25, 0.3) is 11.0 Å². The molecule has 0 aliphatic carbocycles. The molecule has 1 amide bonds. The summed E-state index contributed by atoms with van der Waals surface area (Å²) in [5.41, 5.74) is 2.98. The van der Waals surface area contributed by atoms with Gasteiger partial charge < -0.3 is 14.3 Å². The zero-order chi connectivity index (χ0) is 22.5. The molecule has 166 valence electrons. The quantitative estimate of drug-likeness (QED) is 0.356. The van der Waals surface area contributed by atoms with E-state index in [2.05, 4.69) is 22.0 Å². The Morgan fingerprint density at radius 2 is 2.00 bits per heavy atom. The number of hydrogen-bond donors (Lipinski definition) is 1. The third kappa shape index (κ3) is 5.35. The zero-order valence-corrected chi connectivity index (χ0v) is 19.6. The smallest absolute Gasteiger partial charge is 0.230 e. The molecule has 1 unspecified atom stereocenters. The van der Waals surface area contributed by atoms with Crippen molar-refractivity contribution >= 4 is 40.3 Å². The number of hydrogen-bond acceptors (Lipinski definition) is 5. The number of rotatable bonds is 9. The van der Waals surface area contributed by atoms with Crippen molar-refractivity contribution in [1.29, 1.82) is 0 Å². The molecule has 0 bridgehead atoms. The van der Waals surface area contributed by atoms with E-state index in [0.717, 1.165) is 22.0 Å². The lowest BCUT2D eigenvalue weighted by Crippen LogP contribution is -2.35. The van der Waals surface area contributed by atoms with Crippen molar-refractivity contribution in [3.63, 3.8) is 0 Å². The molecule has 32 heavy (non-hydrogen) atoms. The van der Waals surface area contributed by atoms with E-state index in [9.17, 15) is 4.79 Å². The summed E-state index contributed by atoms with van der Waals surface area (Å²) in [5.74, 6) is 1.04. The maximum atomic E-state index is 12.6. The van der Waals surface area contributed by atoms with E-state index in [-0.39, 0.29) is 17.7 Å². The molecule has 8 heteroatoms. The third-order valence-corrected chi connectivity index (χ3v) is 6.39. The van der Waals surface area contributed by atoms with Crippen LogP contribution in [0.2, 0.25) is 5.02 Å². The van der Waals surface area contributed by atoms with E-state index in [4.69, 9.17) is 21.0 Å². The second kappa shape index (κ2) is 10.3. The number of furan rings is 1. The SMILES string of the molecule is CN(C)C(CNC(=O)CSc1nc2cc(Cl)ccc2n1Cc1ccccc1)c1ccco1. The number of carbonyl (C=O) groups is 1. The van der Waals surface area contributed by atoms with Gasteiger partial charge in [0.25, 0.3) is 0 Å². The summed E-state index contributed by atoms with van der Waals surface area (Å²) < 4.78 is 7.64. The Bertz CT molecular complexity index is 1180. The number of imidazole rings is 1. The average molecular weight is 469 g/mol. The predicted octanol–water partition coefficient (Wildman–Crippen LogP) is 4.84. The van der Waals surface area contributed by atoms with E-state index in [1.807, 2.05) is 67.5 Å². The van der Waals surface area contributed by atoms with Gasteiger partial charge in [-0.1, -0.05) is 53.7 Å². The van der Waals surface area contributed by atoms with E-state index in [1.54, 1.807) is 6.26 Å². The molecule has 0 aliphatic heterocycles. The minimum atomic E-state index is -0.0512. The van der Waals surface area contributed by atoms with Crippen LogP contribution >= 0.6 is 23.4 Å². The van der Waals surface area contributed by atoms with Gasteiger partial charge in [-0.25, -0.2) is 4.98 Å². The zero-order valence-electron chi connectivity index (χ0n) is 18.0. The standard InChI is InChI=1S/C24H25ClN4O2S/c1-28(2)21(22-9-6-12-31-22)14-26-23(30)16-32-24-27-19-13-18(25)10-11-20(19)29(24)15-17-7-4-3-5-8-17/h3-13,21H,14-16H2,1-2H3,(H,26,30). The maximum Gasteiger partial charge on any atom is 0.230 e. The number of carbonyl (C=O) groups excluding carboxylic acids is 1. The Morgan fingerprint density at radius 3 is 2.72 bits per heavy atom. The molecular formula is C24H25ClN4O2S. The first-order valence-corrected chi connectivity index (χ1v) is 11.7. The summed E-state index contributed by atoms with van der Waals surface area (Å²) in [4.78, 5) is 19.4. The van der Waals surface area contributed by atoms with Gasteiger partial charge in [-0.15, -0.1) is 0 Å². The number of halogens is 1. The van der Waals surface area contributed by atoms with Crippen molar-refractivity contribution in [3.05, 3.63) is 83.3 Å². The molecule has 2 aromatic carbocycles. The normalized spacial score (nSPS) is 12.4. The largest absolute Gasteiger partial charge is 0.468 e. The Morgan fingerprint density at radius 1 is 1.19 bits per heavy atom. The minimum absolute atomic E-state index is 0.0243. The van der Waals surface area contributed by atoms with Crippen LogP contribution < -0.4 is 5.32 Å². The number of thioether (sulfide) groups is 1. The summed E-state index contributed by atoms with van der Waals surface area (Å²) in [6, 6.07) is 19.6. The fourth-order valence-electron chi connectivity index (χ4n) is 3.52. The fraction of sp³-hybridized carbons (Fsp3) is 0.250. The Hall–Kier alpha value is -2.74. The molecule has 0 saturated carbocycles. The molecule has 0 aliphatic rings. The van der Waals surface area contributed by atoms with Crippen LogP contribution in [-0.4, -0.2) is 46.8 Å². The van der Waals surface area contributed by atoms with Crippen molar-refractivity contribution in [2.45, 2.75) is 17.7 Å². The molecule has 0 saturated heterocycles. The molecule has 4 aromatic rings. The van der Waals surface area contributed by atoms with Gasteiger partial charge in [0.15, 0.2) is 5.16 Å². The Balaban J connectivity index is 1.46. The van der Waals surface area contributed by atoms with Gasteiger partial charge in [0.1, 0.15) is 5.76 Å². The molecule has 1 N–H and O–H groups in total. The topological polar surface area (TPSA) is 63.3 Å². The van der Waals surface area contributed by atoms with Crippen molar-refractivity contribution in [3.8, 4) is 0 Å². The number of fused-ring (bicyclic) bond motifs is 1. The molecule has 1 atom stereocenters. The van der Waals surface area contributed by atoms with Gasteiger partial charge in [0.05, 0.1) is 35.6 Å². The van der Waals surface area contributed by atoms with Crippen LogP contribution in [0.5, 0.6) is 0 Å². The van der Waals surface area contributed by atoms with Gasteiger partial charge >= 0.3 is 0 Å². The van der Waals surface area contributed by atoms with Gasteiger partial charge in [0.2, 0.25) is 5.91 Å². The lowest BCUT2D eigenvalue weighted by atomic mass is 10.2. The van der Waals surface area contributed by atoms with Crippen molar-refractivity contribution in [2.75, 3.05) is 26.4 Å². The van der Waals surface area contributed by atoms with Crippen LogP contribution in [-0.2, 0) is 11.3 Å². The van der Waals surface area contributed by atoms with Crippen molar-refractivity contribution in [1.82, 2.24) is 19.8 Å². The van der Waals surface area contributed by atoms with E-state index >= 15 is 0 Å². The highest BCUT2D eigenvalue weighted by atomic mass is 35.5. The van der Waals surface area contributed by atoms with Crippen LogP contribution in [0, 0.1) is 0 Å². The first kappa shape index (κ1) is 22.5. The third-order valence-electron chi connectivity index (χ3n) is 5.18. The van der Waals surface area contributed by atoms with Crippen molar-refractivity contribution < 1.29 is 9.21 Å². The van der Waals surface area contributed by atoms with Crippen molar-refractivity contribution in [2.24, 2.45) is 0 Å². The highest BCUT2D eigenvalue weighted by Crippen LogP contribution is 2.27. The van der Waals surface area contributed by atoms with Crippen LogP contribution in [0.3, 0.4) is 0 Å². The molecule has 2 heterocycles. The number of nitrogens with zero attached hydrogens (tertiary/aromatic N) is 3. The Kier molecular flexibility index (Phi) is 7.19.